The highest BCUT2D eigenvalue weighted by Gasteiger charge is 2.12. The number of rotatable bonds is 10. The average molecular weight is 386 g/mol. The molecule has 0 atom stereocenters. The van der Waals surface area contributed by atoms with Gasteiger partial charge in [-0.15, -0.1) is 0 Å². The van der Waals surface area contributed by atoms with Gasteiger partial charge in [-0.25, -0.2) is 0 Å². The summed E-state index contributed by atoms with van der Waals surface area (Å²) in [5, 5.41) is 3.47. The summed E-state index contributed by atoms with van der Waals surface area (Å²) in [6.45, 7) is 3.96. The zero-order valence-electron chi connectivity index (χ0n) is 17.5. The van der Waals surface area contributed by atoms with Crippen molar-refractivity contribution in [1.29, 1.82) is 0 Å². The van der Waals surface area contributed by atoms with Crippen LogP contribution in [0.5, 0.6) is 0 Å². The number of allylic oxidation sites excluding steroid dienone is 1. The molecular formula is C27H31NO. The van der Waals surface area contributed by atoms with Gasteiger partial charge in [0.15, 0.2) is 0 Å². The lowest BCUT2D eigenvalue weighted by Crippen LogP contribution is -2.04. The van der Waals surface area contributed by atoms with Crippen LogP contribution in [0.25, 0.3) is 5.57 Å². The molecule has 0 radical (unpaired) electrons. The number of ether oxygens (including phenoxy) is 1. The molecule has 150 valence electrons. The summed E-state index contributed by atoms with van der Waals surface area (Å²) in [7, 11) is 1.74. The molecule has 3 aromatic carbocycles. The second kappa shape index (κ2) is 11.2. The third kappa shape index (κ3) is 6.07. The Morgan fingerprint density at radius 1 is 0.793 bits per heavy atom. The molecule has 0 aliphatic carbocycles. The van der Waals surface area contributed by atoms with Gasteiger partial charge in [0, 0.05) is 25.9 Å². The van der Waals surface area contributed by atoms with Crippen LogP contribution in [0.4, 0.5) is 5.69 Å². The van der Waals surface area contributed by atoms with Crippen molar-refractivity contribution in [3.05, 3.63) is 107 Å². The van der Waals surface area contributed by atoms with Crippen molar-refractivity contribution in [2.45, 2.75) is 26.2 Å². The van der Waals surface area contributed by atoms with Crippen LogP contribution in [0.15, 0.2) is 90.5 Å². The molecule has 0 aliphatic rings. The van der Waals surface area contributed by atoms with Crippen LogP contribution < -0.4 is 5.32 Å². The molecule has 0 saturated carbocycles. The van der Waals surface area contributed by atoms with E-state index < -0.39 is 0 Å². The Kier molecular flexibility index (Phi) is 8.09. The van der Waals surface area contributed by atoms with Crippen LogP contribution in [0.1, 0.15) is 36.5 Å². The molecule has 2 heteroatoms. The summed E-state index contributed by atoms with van der Waals surface area (Å²) in [5.41, 5.74) is 7.87. The maximum absolute atomic E-state index is 5.12. The Hall–Kier alpha value is -2.84. The third-order valence-electron chi connectivity index (χ3n) is 5.13. The van der Waals surface area contributed by atoms with E-state index in [2.05, 4.69) is 97.2 Å². The minimum atomic E-state index is 0.783. The Bertz CT molecular complexity index is 883. The van der Waals surface area contributed by atoms with Crippen LogP contribution in [-0.4, -0.2) is 20.3 Å². The lowest BCUT2D eigenvalue weighted by Gasteiger charge is -2.17. The highest BCUT2D eigenvalue weighted by Crippen LogP contribution is 2.31. The van der Waals surface area contributed by atoms with Crippen molar-refractivity contribution in [2.75, 3.05) is 25.6 Å². The molecule has 0 spiro atoms. The van der Waals surface area contributed by atoms with E-state index in [0.717, 1.165) is 38.1 Å². The first-order valence-corrected chi connectivity index (χ1v) is 10.5. The lowest BCUT2D eigenvalue weighted by atomic mass is 9.88. The van der Waals surface area contributed by atoms with E-state index in [1.54, 1.807) is 7.11 Å². The number of hydrogen-bond acceptors (Lipinski definition) is 2. The molecule has 2 nitrogen and oxygen atoms in total. The first-order chi connectivity index (χ1) is 14.3. The fourth-order valence-electron chi connectivity index (χ4n) is 3.62. The Labute approximate surface area is 175 Å². The predicted octanol–water partition coefficient (Wildman–Crippen LogP) is 6.59. The van der Waals surface area contributed by atoms with E-state index >= 15 is 0 Å². The number of hydrogen-bond donors (Lipinski definition) is 1. The fraction of sp³-hybridized carbons (Fsp3) is 0.259. The van der Waals surface area contributed by atoms with Crippen LogP contribution in [0.2, 0.25) is 0 Å². The molecule has 0 saturated heterocycles. The molecule has 0 fully saturated rings. The highest BCUT2D eigenvalue weighted by molar-refractivity contribution is 5.83. The molecule has 3 rings (SSSR count). The van der Waals surface area contributed by atoms with Gasteiger partial charge >= 0.3 is 0 Å². The molecule has 3 aromatic rings. The van der Waals surface area contributed by atoms with Gasteiger partial charge < -0.3 is 10.1 Å². The van der Waals surface area contributed by atoms with E-state index in [1.807, 2.05) is 0 Å². The van der Waals surface area contributed by atoms with E-state index in [4.69, 9.17) is 4.74 Å². The van der Waals surface area contributed by atoms with Crippen LogP contribution >= 0.6 is 0 Å². The number of nitrogens with one attached hydrogen (secondary N) is 1. The van der Waals surface area contributed by atoms with Gasteiger partial charge in [0.25, 0.3) is 0 Å². The molecular weight excluding hydrogens is 354 g/mol. The predicted molar refractivity (Wildman–Crippen MR) is 124 cm³/mol. The van der Waals surface area contributed by atoms with Gasteiger partial charge in [0.05, 0.1) is 0 Å². The zero-order valence-corrected chi connectivity index (χ0v) is 17.5. The van der Waals surface area contributed by atoms with Crippen molar-refractivity contribution < 1.29 is 4.74 Å². The highest BCUT2D eigenvalue weighted by atomic mass is 16.5. The molecule has 0 aliphatic heterocycles. The summed E-state index contributed by atoms with van der Waals surface area (Å²) in [5.74, 6) is 0. The van der Waals surface area contributed by atoms with Crippen LogP contribution in [0.3, 0.4) is 0 Å². The second-order valence-corrected chi connectivity index (χ2v) is 7.21. The van der Waals surface area contributed by atoms with Crippen LogP contribution in [-0.2, 0) is 11.2 Å². The molecule has 29 heavy (non-hydrogen) atoms. The fourth-order valence-corrected chi connectivity index (χ4v) is 3.62. The minimum absolute atomic E-state index is 0.783. The maximum Gasteiger partial charge on any atom is 0.0479 e. The lowest BCUT2D eigenvalue weighted by molar-refractivity contribution is 0.198. The van der Waals surface area contributed by atoms with Crippen molar-refractivity contribution >= 4 is 11.3 Å². The van der Waals surface area contributed by atoms with Crippen molar-refractivity contribution in [3.8, 4) is 0 Å². The SMILES string of the molecule is CC/C(Cc1ccccc1)=C(\c1ccccc1)c1ccc(NCCCOC)cc1. The molecule has 0 heterocycles. The number of anilines is 1. The average Bonchev–Trinajstić information content (AvgIpc) is 2.78. The molecule has 1 N–H and O–H groups in total. The van der Waals surface area contributed by atoms with Gasteiger partial charge in [-0.3, -0.25) is 0 Å². The molecule has 0 bridgehead atoms. The first kappa shape index (κ1) is 20.9. The summed E-state index contributed by atoms with van der Waals surface area (Å²) in [6.07, 6.45) is 3.00. The summed E-state index contributed by atoms with van der Waals surface area (Å²) < 4.78 is 5.12. The molecule has 0 aromatic heterocycles. The van der Waals surface area contributed by atoms with Crippen LogP contribution in [0, 0.1) is 0 Å². The number of methoxy groups -OCH3 is 1. The van der Waals surface area contributed by atoms with Crippen molar-refractivity contribution in [3.63, 3.8) is 0 Å². The minimum Gasteiger partial charge on any atom is -0.385 e. The van der Waals surface area contributed by atoms with E-state index in [1.165, 1.54) is 27.8 Å². The topological polar surface area (TPSA) is 21.3 Å². The summed E-state index contributed by atoms with van der Waals surface area (Å²) >= 11 is 0. The quantitative estimate of drug-likeness (QED) is 0.398. The van der Waals surface area contributed by atoms with Gasteiger partial charge in [-0.05, 0) is 53.7 Å². The molecule has 0 amide bonds. The Morgan fingerprint density at radius 2 is 1.41 bits per heavy atom. The molecule has 0 unspecified atom stereocenters. The Morgan fingerprint density at radius 3 is 2.03 bits per heavy atom. The third-order valence-corrected chi connectivity index (χ3v) is 5.13. The van der Waals surface area contributed by atoms with E-state index in [0.29, 0.717) is 0 Å². The largest absolute Gasteiger partial charge is 0.385 e. The Balaban J connectivity index is 1.91. The summed E-state index contributed by atoms with van der Waals surface area (Å²) in [4.78, 5) is 0. The first-order valence-electron chi connectivity index (χ1n) is 10.5. The smallest absolute Gasteiger partial charge is 0.0479 e. The van der Waals surface area contributed by atoms with Crippen molar-refractivity contribution in [2.24, 2.45) is 0 Å². The monoisotopic (exact) mass is 385 g/mol. The van der Waals surface area contributed by atoms with Gasteiger partial charge in [-0.1, -0.05) is 85.3 Å². The van der Waals surface area contributed by atoms with Gasteiger partial charge in [0.2, 0.25) is 0 Å². The standard InChI is InChI=1S/C27H31NO/c1-3-23(21-22-11-6-4-7-12-22)27(24-13-8-5-9-14-24)25-15-17-26(18-16-25)28-19-10-20-29-2/h4-9,11-18,28H,3,10,19-21H2,1-2H3/b27-23-. The van der Waals surface area contributed by atoms with Gasteiger partial charge in [0.1, 0.15) is 0 Å². The van der Waals surface area contributed by atoms with Crippen molar-refractivity contribution in [1.82, 2.24) is 0 Å². The summed E-state index contributed by atoms with van der Waals surface area (Å²) in [6, 6.07) is 30.3. The maximum atomic E-state index is 5.12. The number of benzene rings is 3. The normalized spacial score (nSPS) is 11.8. The van der Waals surface area contributed by atoms with E-state index in [9.17, 15) is 0 Å². The van der Waals surface area contributed by atoms with E-state index in [-0.39, 0.29) is 0 Å². The second-order valence-electron chi connectivity index (χ2n) is 7.21. The zero-order chi connectivity index (χ0) is 20.3. The van der Waals surface area contributed by atoms with Gasteiger partial charge in [-0.2, -0.15) is 0 Å².